The Balaban J connectivity index is 2.61. The molecule has 0 aliphatic rings. The summed E-state index contributed by atoms with van der Waals surface area (Å²) in [4.78, 5) is 7.24. The van der Waals surface area contributed by atoms with Crippen LogP contribution in [0.1, 0.15) is 5.56 Å². The van der Waals surface area contributed by atoms with E-state index in [1.54, 1.807) is 6.20 Å². The highest BCUT2D eigenvalue weighted by molar-refractivity contribution is 7.71. The lowest BCUT2D eigenvalue weighted by Crippen LogP contribution is -1.87. The Labute approximate surface area is 87.7 Å². The third-order valence-electron chi connectivity index (χ3n) is 2.10. The fourth-order valence-corrected chi connectivity index (χ4v) is 1.54. The second-order valence-corrected chi connectivity index (χ2v) is 3.56. The van der Waals surface area contributed by atoms with Crippen molar-refractivity contribution in [2.75, 3.05) is 0 Å². The van der Waals surface area contributed by atoms with Crippen LogP contribution in [0.3, 0.4) is 0 Å². The van der Waals surface area contributed by atoms with Gasteiger partial charge in [0.1, 0.15) is 4.64 Å². The highest BCUT2D eigenvalue weighted by Crippen LogP contribution is 2.18. The van der Waals surface area contributed by atoms with Crippen molar-refractivity contribution in [2.24, 2.45) is 0 Å². The lowest BCUT2D eigenvalue weighted by molar-refractivity contribution is 1.24. The number of pyridine rings is 2. The standard InChI is InChI=1S/C11H10N2S/c1-8-5-6-12-7-9(8)10-3-2-4-11(14)13-10/h2-7H,1H3,(H,13,14). The molecule has 0 saturated carbocycles. The summed E-state index contributed by atoms with van der Waals surface area (Å²) in [5.74, 6) is 0. The van der Waals surface area contributed by atoms with E-state index < -0.39 is 0 Å². The molecule has 0 fully saturated rings. The molecule has 3 heteroatoms. The fraction of sp³-hybridized carbons (Fsp3) is 0.0909. The summed E-state index contributed by atoms with van der Waals surface area (Å²) >= 11 is 5.07. The Bertz CT molecular complexity index is 502. The minimum absolute atomic E-state index is 0.741. The predicted octanol–water partition coefficient (Wildman–Crippen LogP) is 3.11. The molecule has 0 atom stereocenters. The van der Waals surface area contributed by atoms with E-state index in [2.05, 4.69) is 16.9 Å². The minimum atomic E-state index is 0.741. The number of nitrogens with one attached hydrogen (secondary N) is 1. The van der Waals surface area contributed by atoms with Crippen molar-refractivity contribution >= 4 is 12.2 Å². The average molecular weight is 202 g/mol. The van der Waals surface area contributed by atoms with Crippen molar-refractivity contribution in [3.05, 3.63) is 46.9 Å². The van der Waals surface area contributed by atoms with Crippen LogP contribution >= 0.6 is 12.2 Å². The quantitative estimate of drug-likeness (QED) is 0.720. The van der Waals surface area contributed by atoms with E-state index in [0.717, 1.165) is 15.9 Å². The van der Waals surface area contributed by atoms with Gasteiger partial charge in [-0.1, -0.05) is 18.3 Å². The van der Waals surface area contributed by atoms with Crippen LogP contribution in [-0.4, -0.2) is 9.97 Å². The molecule has 0 aromatic carbocycles. The van der Waals surface area contributed by atoms with Gasteiger partial charge in [0.2, 0.25) is 0 Å². The van der Waals surface area contributed by atoms with Crippen LogP contribution in [-0.2, 0) is 0 Å². The van der Waals surface area contributed by atoms with E-state index in [-0.39, 0.29) is 0 Å². The molecule has 0 amide bonds. The van der Waals surface area contributed by atoms with Crippen LogP contribution in [0.15, 0.2) is 36.7 Å². The summed E-state index contributed by atoms with van der Waals surface area (Å²) in [7, 11) is 0. The zero-order chi connectivity index (χ0) is 9.97. The molecule has 0 unspecified atom stereocenters. The zero-order valence-corrected chi connectivity index (χ0v) is 8.64. The number of hydrogen-bond donors (Lipinski definition) is 1. The normalized spacial score (nSPS) is 10.1. The van der Waals surface area contributed by atoms with Crippen molar-refractivity contribution in [1.82, 2.24) is 9.97 Å². The molecular formula is C11H10N2S. The van der Waals surface area contributed by atoms with Crippen molar-refractivity contribution in [3.63, 3.8) is 0 Å². The molecule has 0 spiro atoms. The summed E-state index contributed by atoms with van der Waals surface area (Å²) in [6, 6.07) is 7.80. The molecule has 2 aromatic heterocycles. The van der Waals surface area contributed by atoms with Crippen LogP contribution in [0.2, 0.25) is 0 Å². The Kier molecular flexibility index (Phi) is 2.41. The maximum atomic E-state index is 5.07. The summed E-state index contributed by atoms with van der Waals surface area (Å²) in [6.07, 6.45) is 3.63. The van der Waals surface area contributed by atoms with Crippen LogP contribution in [0.25, 0.3) is 11.3 Å². The first-order valence-electron chi connectivity index (χ1n) is 4.38. The molecule has 1 N–H and O–H groups in total. The highest BCUT2D eigenvalue weighted by Gasteiger charge is 2.00. The van der Waals surface area contributed by atoms with E-state index in [4.69, 9.17) is 12.2 Å². The Morgan fingerprint density at radius 1 is 1.29 bits per heavy atom. The van der Waals surface area contributed by atoms with E-state index in [1.165, 1.54) is 5.56 Å². The van der Waals surface area contributed by atoms with Crippen LogP contribution in [0.5, 0.6) is 0 Å². The van der Waals surface area contributed by atoms with E-state index in [1.807, 2.05) is 30.5 Å². The third kappa shape index (κ3) is 1.72. The van der Waals surface area contributed by atoms with Crippen molar-refractivity contribution in [1.29, 1.82) is 0 Å². The monoisotopic (exact) mass is 202 g/mol. The Hall–Kier alpha value is -1.48. The predicted molar refractivity (Wildman–Crippen MR) is 59.6 cm³/mol. The molecule has 2 rings (SSSR count). The molecule has 70 valence electrons. The lowest BCUT2D eigenvalue weighted by Gasteiger charge is -2.04. The number of rotatable bonds is 1. The number of nitrogens with zero attached hydrogens (tertiary/aromatic N) is 1. The summed E-state index contributed by atoms with van der Waals surface area (Å²) < 4.78 is 0.741. The number of hydrogen-bond acceptors (Lipinski definition) is 2. The number of aromatic nitrogens is 2. The van der Waals surface area contributed by atoms with E-state index in [9.17, 15) is 0 Å². The van der Waals surface area contributed by atoms with Gasteiger partial charge >= 0.3 is 0 Å². The van der Waals surface area contributed by atoms with Crippen LogP contribution in [0, 0.1) is 11.6 Å². The van der Waals surface area contributed by atoms with Gasteiger partial charge in [-0.15, -0.1) is 0 Å². The van der Waals surface area contributed by atoms with Crippen molar-refractivity contribution in [3.8, 4) is 11.3 Å². The zero-order valence-electron chi connectivity index (χ0n) is 7.82. The third-order valence-corrected chi connectivity index (χ3v) is 2.34. The lowest BCUT2D eigenvalue weighted by atomic mass is 10.1. The van der Waals surface area contributed by atoms with E-state index >= 15 is 0 Å². The second-order valence-electron chi connectivity index (χ2n) is 3.12. The van der Waals surface area contributed by atoms with Crippen LogP contribution < -0.4 is 0 Å². The molecule has 2 heterocycles. The highest BCUT2D eigenvalue weighted by atomic mass is 32.1. The molecule has 0 aliphatic carbocycles. The van der Waals surface area contributed by atoms with Gasteiger partial charge in [-0.3, -0.25) is 4.98 Å². The maximum absolute atomic E-state index is 5.07. The Morgan fingerprint density at radius 3 is 2.86 bits per heavy atom. The molecule has 14 heavy (non-hydrogen) atoms. The molecule has 2 aromatic rings. The van der Waals surface area contributed by atoms with Gasteiger partial charge in [-0.25, -0.2) is 0 Å². The molecule has 0 bridgehead atoms. The molecule has 2 nitrogen and oxygen atoms in total. The average Bonchev–Trinajstić information content (AvgIpc) is 2.18. The molecule has 0 aliphatic heterocycles. The first-order chi connectivity index (χ1) is 6.77. The van der Waals surface area contributed by atoms with Crippen LogP contribution in [0.4, 0.5) is 0 Å². The summed E-state index contributed by atoms with van der Waals surface area (Å²) in [6.45, 7) is 2.06. The Morgan fingerprint density at radius 2 is 2.14 bits per heavy atom. The number of aromatic amines is 1. The number of H-pyrrole nitrogens is 1. The van der Waals surface area contributed by atoms with Gasteiger partial charge in [0.15, 0.2) is 0 Å². The van der Waals surface area contributed by atoms with Crippen molar-refractivity contribution < 1.29 is 0 Å². The summed E-state index contributed by atoms with van der Waals surface area (Å²) in [5, 5.41) is 0. The van der Waals surface area contributed by atoms with Gasteiger partial charge in [0.05, 0.1) is 0 Å². The SMILES string of the molecule is Cc1ccncc1-c1cccc(=S)[nH]1. The minimum Gasteiger partial charge on any atom is -0.346 e. The van der Waals surface area contributed by atoms with E-state index in [0.29, 0.717) is 0 Å². The maximum Gasteiger partial charge on any atom is 0.103 e. The van der Waals surface area contributed by atoms with Gasteiger partial charge < -0.3 is 4.98 Å². The largest absolute Gasteiger partial charge is 0.346 e. The van der Waals surface area contributed by atoms with Gasteiger partial charge in [0.25, 0.3) is 0 Å². The second kappa shape index (κ2) is 3.72. The first-order valence-corrected chi connectivity index (χ1v) is 4.78. The smallest absolute Gasteiger partial charge is 0.103 e. The molecule has 0 saturated heterocycles. The topological polar surface area (TPSA) is 28.7 Å². The number of aryl methyl sites for hydroxylation is 1. The van der Waals surface area contributed by atoms with Gasteiger partial charge in [-0.2, -0.15) is 0 Å². The first kappa shape index (κ1) is 9.09. The van der Waals surface area contributed by atoms with Crippen molar-refractivity contribution in [2.45, 2.75) is 6.92 Å². The van der Waals surface area contributed by atoms with Gasteiger partial charge in [-0.05, 0) is 30.7 Å². The molecular weight excluding hydrogens is 192 g/mol. The molecule has 0 radical (unpaired) electrons. The fourth-order valence-electron chi connectivity index (χ4n) is 1.35. The van der Waals surface area contributed by atoms with Gasteiger partial charge in [0, 0.05) is 23.7 Å². The summed E-state index contributed by atoms with van der Waals surface area (Å²) in [5.41, 5.74) is 3.30.